The molecule has 0 unspecified atom stereocenters. The third kappa shape index (κ3) is 1.50. The molecule has 6 heteroatoms. The zero-order valence-corrected chi connectivity index (χ0v) is 10.0. The average molecular weight is 244 g/mol. The highest BCUT2D eigenvalue weighted by Gasteiger charge is 2.08. The van der Waals surface area contributed by atoms with Gasteiger partial charge < -0.3 is 14.7 Å². The van der Waals surface area contributed by atoms with Crippen LogP contribution in [-0.2, 0) is 7.05 Å². The molecule has 0 spiro atoms. The van der Waals surface area contributed by atoms with Crippen molar-refractivity contribution in [3.05, 3.63) is 34.9 Å². The maximum atomic E-state index is 11.4. The lowest BCUT2D eigenvalue weighted by Crippen LogP contribution is -2.08. The Morgan fingerprint density at radius 1 is 1.44 bits per heavy atom. The minimum absolute atomic E-state index is 0.359. The second-order valence-corrected chi connectivity index (χ2v) is 4.00. The fraction of sp³-hybridized carbons (Fsp3) is 0.167. The molecule has 0 saturated heterocycles. The van der Waals surface area contributed by atoms with Gasteiger partial charge in [-0.25, -0.2) is 9.78 Å². The number of benzene rings is 1. The number of fused-ring (bicyclic) bond motifs is 1. The van der Waals surface area contributed by atoms with Gasteiger partial charge in [-0.1, -0.05) is 6.07 Å². The molecule has 3 rings (SSSR count). The molecule has 3 aromatic rings. The molecule has 0 aliphatic rings. The topological polar surface area (TPSA) is 75.8 Å². The van der Waals surface area contributed by atoms with Gasteiger partial charge in [0.25, 0.3) is 0 Å². The number of anilines is 1. The second kappa shape index (κ2) is 3.76. The first-order valence-corrected chi connectivity index (χ1v) is 5.52. The van der Waals surface area contributed by atoms with Crippen molar-refractivity contribution in [2.45, 2.75) is 0 Å². The predicted octanol–water partition coefficient (Wildman–Crippen LogP) is 1.56. The van der Waals surface area contributed by atoms with E-state index in [1.54, 1.807) is 20.3 Å². The van der Waals surface area contributed by atoms with E-state index in [-0.39, 0.29) is 5.76 Å². The smallest absolute Gasteiger partial charge is 0.408 e. The van der Waals surface area contributed by atoms with Crippen LogP contribution in [0, 0.1) is 0 Å². The van der Waals surface area contributed by atoms with Gasteiger partial charge in [0.05, 0.1) is 17.4 Å². The third-order valence-corrected chi connectivity index (χ3v) is 2.92. The molecular formula is C12H12N4O2. The molecule has 2 aromatic heterocycles. The summed E-state index contributed by atoms with van der Waals surface area (Å²) in [6.45, 7) is 0. The molecule has 0 saturated carbocycles. The Morgan fingerprint density at radius 2 is 2.28 bits per heavy atom. The quantitative estimate of drug-likeness (QED) is 0.717. The highest BCUT2D eigenvalue weighted by molar-refractivity contribution is 5.79. The van der Waals surface area contributed by atoms with E-state index in [4.69, 9.17) is 4.42 Å². The lowest BCUT2D eigenvalue weighted by molar-refractivity contribution is 0.528. The van der Waals surface area contributed by atoms with Gasteiger partial charge in [0, 0.05) is 19.7 Å². The fourth-order valence-electron chi connectivity index (χ4n) is 1.90. The normalized spacial score (nSPS) is 11.0. The van der Waals surface area contributed by atoms with Crippen LogP contribution in [0.3, 0.4) is 0 Å². The Balaban J connectivity index is 2.16. The summed E-state index contributed by atoms with van der Waals surface area (Å²) in [7, 11) is 3.48. The molecule has 2 N–H and O–H groups in total. The van der Waals surface area contributed by atoms with Gasteiger partial charge in [0.1, 0.15) is 0 Å². The highest BCUT2D eigenvalue weighted by atomic mass is 16.4. The number of aromatic amines is 1. The first-order valence-electron chi connectivity index (χ1n) is 5.52. The highest BCUT2D eigenvalue weighted by Crippen LogP contribution is 2.23. The molecule has 0 radical (unpaired) electrons. The zero-order chi connectivity index (χ0) is 12.7. The van der Waals surface area contributed by atoms with Crippen LogP contribution in [-0.4, -0.2) is 21.6 Å². The number of aryl methyl sites for hydroxylation is 1. The van der Waals surface area contributed by atoms with E-state index in [1.807, 2.05) is 18.2 Å². The SMILES string of the molecule is CNc1ncc(-c2ccc3c(c2)oc(=O)n3C)[nH]1. The summed E-state index contributed by atoms with van der Waals surface area (Å²) < 4.78 is 6.63. The van der Waals surface area contributed by atoms with E-state index in [9.17, 15) is 4.79 Å². The molecule has 0 aliphatic heterocycles. The van der Waals surface area contributed by atoms with Gasteiger partial charge >= 0.3 is 5.76 Å². The summed E-state index contributed by atoms with van der Waals surface area (Å²) in [6.07, 6.45) is 1.73. The van der Waals surface area contributed by atoms with Gasteiger partial charge in [0.2, 0.25) is 0 Å². The minimum Gasteiger partial charge on any atom is -0.408 e. The van der Waals surface area contributed by atoms with Gasteiger partial charge in [-0.3, -0.25) is 4.57 Å². The van der Waals surface area contributed by atoms with E-state index in [0.29, 0.717) is 11.5 Å². The van der Waals surface area contributed by atoms with Crippen LogP contribution in [0.4, 0.5) is 5.95 Å². The molecule has 6 nitrogen and oxygen atoms in total. The summed E-state index contributed by atoms with van der Waals surface area (Å²) in [4.78, 5) is 18.7. The van der Waals surface area contributed by atoms with Crippen LogP contribution in [0.25, 0.3) is 22.4 Å². The fourth-order valence-corrected chi connectivity index (χ4v) is 1.90. The van der Waals surface area contributed by atoms with E-state index < -0.39 is 0 Å². The monoisotopic (exact) mass is 244 g/mol. The van der Waals surface area contributed by atoms with Crippen molar-refractivity contribution in [3.8, 4) is 11.3 Å². The summed E-state index contributed by atoms with van der Waals surface area (Å²) in [6, 6.07) is 5.60. The van der Waals surface area contributed by atoms with Gasteiger partial charge in [-0.05, 0) is 12.1 Å². The molecule has 92 valence electrons. The van der Waals surface area contributed by atoms with E-state index >= 15 is 0 Å². The summed E-state index contributed by atoms with van der Waals surface area (Å²) in [5.74, 6) is 0.335. The summed E-state index contributed by atoms with van der Waals surface area (Å²) >= 11 is 0. The molecule has 1 aromatic carbocycles. The number of H-pyrrole nitrogens is 1. The van der Waals surface area contributed by atoms with Crippen LogP contribution < -0.4 is 11.1 Å². The largest absolute Gasteiger partial charge is 0.419 e. The minimum atomic E-state index is -0.359. The van der Waals surface area contributed by atoms with Crippen molar-refractivity contribution >= 4 is 17.0 Å². The lowest BCUT2D eigenvalue weighted by Gasteiger charge is -1.98. The first-order chi connectivity index (χ1) is 8.69. The number of nitrogens with one attached hydrogen (secondary N) is 2. The van der Waals surface area contributed by atoms with Crippen LogP contribution in [0.5, 0.6) is 0 Å². The van der Waals surface area contributed by atoms with E-state index in [2.05, 4.69) is 15.3 Å². The van der Waals surface area contributed by atoms with Crippen molar-refractivity contribution in [3.63, 3.8) is 0 Å². The summed E-state index contributed by atoms with van der Waals surface area (Å²) in [5.41, 5.74) is 3.14. The lowest BCUT2D eigenvalue weighted by atomic mass is 10.1. The van der Waals surface area contributed by atoms with E-state index in [1.165, 1.54) is 4.57 Å². The molecule has 2 heterocycles. The Morgan fingerprint density at radius 3 is 3.00 bits per heavy atom. The van der Waals surface area contributed by atoms with Crippen LogP contribution in [0.1, 0.15) is 0 Å². The molecule has 0 aliphatic carbocycles. The van der Waals surface area contributed by atoms with Crippen molar-refractivity contribution < 1.29 is 4.42 Å². The number of hydrogen-bond donors (Lipinski definition) is 2. The Labute approximate surface area is 102 Å². The van der Waals surface area contributed by atoms with Gasteiger partial charge in [-0.2, -0.15) is 0 Å². The van der Waals surface area contributed by atoms with Crippen LogP contribution in [0.2, 0.25) is 0 Å². The van der Waals surface area contributed by atoms with Crippen LogP contribution >= 0.6 is 0 Å². The zero-order valence-electron chi connectivity index (χ0n) is 10.0. The van der Waals surface area contributed by atoms with Crippen molar-refractivity contribution in [1.82, 2.24) is 14.5 Å². The number of oxazole rings is 1. The number of imidazole rings is 1. The molecule has 0 amide bonds. The Hall–Kier alpha value is -2.50. The van der Waals surface area contributed by atoms with Crippen molar-refractivity contribution in [2.24, 2.45) is 7.05 Å². The average Bonchev–Trinajstić information content (AvgIpc) is 2.95. The van der Waals surface area contributed by atoms with Crippen molar-refractivity contribution in [1.29, 1.82) is 0 Å². The number of rotatable bonds is 2. The molecule has 0 atom stereocenters. The molecular weight excluding hydrogens is 232 g/mol. The van der Waals surface area contributed by atoms with Crippen LogP contribution in [0.15, 0.2) is 33.6 Å². The Kier molecular flexibility index (Phi) is 2.22. The predicted molar refractivity (Wildman–Crippen MR) is 68.6 cm³/mol. The van der Waals surface area contributed by atoms with Gasteiger partial charge in [0.15, 0.2) is 11.5 Å². The first kappa shape index (κ1) is 10.6. The number of nitrogens with zero attached hydrogens (tertiary/aromatic N) is 2. The third-order valence-electron chi connectivity index (χ3n) is 2.92. The van der Waals surface area contributed by atoms with E-state index in [0.717, 1.165) is 16.8 Å². The molecule has 18 heavy (non-hydrogen) atoms. The second-order valence-electron chi connectivity index (χ2n) is 4.00. The number of hydrogen-bond acceptors (Lipinski definition) is 4. The standard InChI is InChI=1S/C12H12N4O2/c1-13-11-14-6-8(15-11)7-3-4-9-10(5-7)18-12(17)16(9)2/h3-6H,1-2H3,(H2,13,14,15). The number of aromatic nitrogens is 3. The molecule has 0 fully saturated rings. The van der Waals surface area contributed by atoms with Crippen molar-refractivity contribution in [2.75, 3.05) is 12.4 Å². The Bertz CT molecular complexity index is 766. The molecule has 0 bridgehead atoms. The summed E-state index contributed by atoms with van der Waals surface area (Å²) in [5, 5.41) is 2.92. The maximum Gasteiger partial charge on any atom is 0.419 e. The van der Waals surface area contributed by atoms with Gasteiger partial charge in [-0.15, -0.1) is 0 Å². The maximum absolute atomic E-state index is 11.4.